The lowest BCUT2D eigenvalue weighted by atomic mass is 9.97. The summed E-state index contributed by atoms with van der Waals surface area (Å²) in [4.78, 5) is 0. The fourth-order valence-corrected chi connectivity index (χ4v) is 2.76. The minimum atomic E-state index is 0.337. The molecule has 0 aliphatic carbocycles. The lowest BCUT2D eigenvalue weighted by molar-refractivity contribution is 0.301. The second-order valence-corrected chi connectivity index (χ2v) is 6.08. The second kappa shape index (κ2) is 7.70. The minimum Gasteiger partial charge on any atom is -0.494 e. The molecule has 0 aliphatic rings. The van der Waals surface area contributed by atoms with Gasteiger partial charge < -0.3 is 4.74 Å². The number of aryl methyl sites for hydroxylation is 1. The third kappa shape index (κ3) is 4.53. The van der Waals surface area contributed by atoms with Gasteiger partial charge in [-0.25, -0.2) is 0 Å². The molecule has 0 heterocycles. The Morgan fingerprint density at radius 1 is 1.15 bits per heavy atom. The van der Waals surface area contributed by atoms with Gasteiger partial charge in [-0.15, -0.1) is 11.6 Å². The van der Waals surface area contributed by atoms with E-state index in [2.05, 4.69) is 47.1 Å². The second-order valence-electron chi connectivity index (χ2n) is 4.86. The van der Waals surface area contributed by atoms with Gasteiger partial charge in [0.05, 0.1) is 6.61 Å². The Kier molecular flexibility index (Phi) is 5.93. The van der Waals surface area contributed by atoms with Gasteiger partial charge in [0, 0.05) is 16.3 Å². The Bertz CT molecular complexity index is 539. The maximum absolute atomic E-state index is 6.09. The van der Waals surface area contributed by atoms with Crippen LogP contribution in [0.3, 0.4) is 0 Å². The van der Waals surface area contributed by atoms with Gasteiger partial charge >= 0.3 is 0 Å². The summed E-state index contributed by atoms with van der Waals surface area (Å²) >= 11 is 9.52. The fourth-order valence-electron chi connectivity index (χ4n) is 2.05. The van der Waals surface area contributed by atoms with Crippen LogP contribution < -0.4 is 4.74 Å². The molecule has 0 N–H and O–H groups in total. The van der Waals surface area contributed by atoms with E-state index in [1.165, 1.54) is 11.1 Å². The number of alkyl halides is 1. The van der Waals surface area contributed by atoms with E-state index in [-0.39, 0.29) is 0 Å². The molecule has 0 spiro atoms. The van der Waals surface area contributed by atoms with E-state index >= 15 is 0 Å². The molecule has 20 heavy (non-hydrogen) atoms. The van der Waals surface area contributed by atoms with E-state index in [1.807, 2.05) is 24.3 Å². The zero-order valence-corrected chi connectivity index (χ0v) is 13.8. The first-order valence-corrected chi connectivity index (χ1v) is 8.02. The molecular weight excluding hydrogens is 336 g/mol. The highest BCUT2D eigenvalue weighted by molar-refractivity contribution is 9.10. The molecule has 0 radical (unpaired) electrons. The first-order valence-electron chi connectivity index (χ1n) is 6.70. The SMILES string of the molecule is Cc1ccc(C(CCl)CCOc2cccc(Br)c2)cc1. The van der Waals surface area contributed by atoms with Crippen molar-refractivity contribution >= 4 is 27.5 Å². The molecular formula is C17H18BrClO. The molecule has 0 saturated carbocycles. The van der Waals surface area contributed by atoms with Gasteiger partial charge in [0.1, 0.15) is 5.75 Å². The minimum absolute atomic E-state index is 0.337. The predicted molar refractivity (Wildman–Crippen MR) is 88.9 cm³/mol. The van der Waals surface area contributed by atoms with Gasteiger partial charge in [-0.1, -0.05) is 51.8 Å². The van der Waals surface area contributed by atoms with Gasteiger partial charge in [0.2, 0.25) is 0 Å². The average molecular weight is 354 g/mol. The van der Waals surface area contributed by atoms with Gasteiger partial charge in [-0.05, 0) is 37.1 Å². The van der Waals surface area contributed by atoms with Crippen molar-refractivity contribution in [2.45, 2.75) is 19.3 Å². The molecule has 0 saturated heterocycles. The molecule has 0 aromatic heterocycles. The molecule has 0 amide bonds. The van der Waals surface area contributed by atoms with Crippen molar-refractivity contribution in [3.05, 3.63) is 64.1 Å². The van der Waals surface area contributed by atoms with E-state index in [1.54, 1.807) is 0 Å². The summed E-state index contributed by atoms with van der Waals surface area (Å²) in [5.74, 6) is 1.84. The van der Waals surface area contributed by atoms with Crippen molar-refractivity contribution in [2.24, 2.45) is 0 Å². The van der Waals surface area contributed by atoms with Crippen molar-refractivity contribution in [3.63, 3.8) is 0 Å². The summed E-state index contributed by atoms with van der Waals surface area (Å²) in [6, 6.07) is 16.5. The molecule has 1 atom stereocenters. The van der Waals surface area contributed by atoms with Crippen molar-refractivity contribution < 1.29 is 4.74 Å². The van der Waals surface area contributed by atoms with E-state index in [4.69, 9.17) is 16.3 Å². The first kappa shape index (κ1) is 15.4. The van der Waals surface area contributed by atoms with E-state index in [0.29, 0.717) is 18.4 Å². The average Bonchev–Trinajstić information content (AvgIpc) is 2.45. The molecule has 0 fully saturated rings. The van der Waals surface area contributed by atoms with Crippen molar-refractivity contribution in [2.75, 3.05) is 12.5 Å². The van der Waals surface area contributed by atoms with Gasteiger partial charge in [-0.3, -0.25) is 0 Å². The molecule has 0 bridgehead atoms. The monoisotopic (exact) mass is 352 g/mol. The summed E-state index contributed by atoms with van der Waals surface area (Å²) < 4.78 is 6.81. The fraction of sp³-hybridized carbons (Fsp3) is 0.294. The summed E-state index contributed by atoms with van der Waals surface area (Å²) in [7, 11) is 0. The number of hydrogen-bond acceptors (Lipinski definition) is 1. The van der Waals surface area contributed by atoms with Crippen LogP contribution in [-0.4, -0.2) is 12.5 Å². The van der Waals surface area contributed by atoms with Crippen LogP contribution in [0.25, 0.3) is 0 Å². The molecule has 106 valence electrons. The highest BCUT2D eigenvalue weighted by Crippen LogP contribution is 2.23. The van der Waals surface area contributed by atoms with Crippen molar-refractivity contribution in [3.8, 4) is 5.75 Å². The van der Waals surface area contributed by atoms with Crippen molar-refractivity contribution in [1.29, 1.82) is 0 Å². The van der Waals surface area contributed by atoms with Gasteiger partial charge in [0.25, 0.3) is 0 Å². The summed E-state index contributed by atoms with van der Waals surface area (Å²) in [5, 5.41) is 0. The Balaban J connectivity index is 1.89. The standard InChI is InChI=1S/C17H18BrClO/c1-13-5-7-14(8-6-13)15(12-19)9-10-20-17-4-2-3-16(18)11-17/h2-8,11,15H,9-10,12H2,1H3. The van der Waals surface area contributed by atoms with Gasteiger partial charge in [0.15, 0.2) is 0 Å². The molecule has 2 aromatic carbocycles. The zero-order valence-electron chi connectivity index (χ0n) is 11.5. The summed E-state index contributed by atoms with van der Waals surface area (Å²) in [6.07, 6.45) is 0.916. The van der Waals surface area contributed by atoms with Crippen LogP contribution in [0.15, 0.2) is 53.0 Å². The molecule has 3 heteroatoms. The Morgan fingerprint density at radius 2 is 1.90 bits per heavy atom. The number of rotatable bonds is 6. The third-order valence-electron chi connectivity index (χ3n) is 3.27. The Morgan fingerprint density at radius 3 is 2.55 bits per heavy atom. The largest absolute Gasteiger partial charge is 0.494 e. The highest BCUT2D eigenvalue weighted by Gasteiger charge is 2.10. The summed E-state index contributed by atoms with van der Waals surface area (Å²) in [6.45, 7) is 2.76. The maximum atomic E-state index is 6.09. The lowest BCUT2D eigenvalue weighted by Gasteiger charge is -2.15. The first-order chi connectivity index (χ1) is 9.69. The predicted octanol–water partition coefficient (Wildman–Crippen LogP) is 5.55. The van der Waals surface area contributed by atoms with E-state index in [0.717, 1.165) is 16.6 Å². The normalized spacial score (nSPS) is 12.2. The van der Waals surface area contributed by atoms with E-state index < -0.39 is 0 Å². The Labute approximate surface area is 134 Å². The van der Waals surface area contributed by atoms with E-state index in [9.17, 15) is 0 Å². The van der Waals surface area contributed by atoms with Crippen LogP contribution in [0.5, 0.6) is 5.75 Å². The van der Waals surface area contributed by atoms with Crippen LogP contribution in [0, 0.1) is 6.92 Å². The Hall–Kier alpha value is -0.990. The molecule has 1 unspecified atom stereocenters. The molecule has 1 nitrogen and oxygen atoms in total. The molecule has 0 aliphatic heterocycles. The lowest BCUT2D eigenvalue weighted by Crippen LogP contribution is -2.07. The quantitative estimate of drug-likeness (QED) is 0.619. The molecule has 2 rings (SSSR count). The van der Waals surface area contributed by atoms with Crippen LogP contribution in [0.1, 0.15) is 23.5 Å². The topological polar surface area (TPSA) is 9.23 Å². The smallest absolute Gasteiger partial charge is 0.120 e. The molecule has 2 aromatic rings. The van der Waals surface area contributed by atoms with Crippen molar-refractivity contribution in [1.82, 2.24) is 0 Å². The van der Waals surface area contributed by atoms with Crippen LogP contribution >= 0.6 is 27.5 Å². The zero-order chi connectivity index (χ0) is 14.4. The maximum Gasteiger partial charge on any atom is 0.120 e. The third-order valence-corrected chi connectivity index (χ3v) is 4.13. The number of ether oxygens (including phenoxy) is 1. The highest BCUT2D eigenvalue weighted by atomic mass is 79.9. The number of halogens is 2. The van der Waals surface area contributed by atoms with Crippen LogP contribution in [0.2, 0.25) is 0 Å². The summed E-state index contributed by atoms with van der Waals surface area (Å²) in [5.41, 5.74) is 2.55. The van der Waals surface area contributed by atoms with Gasteiger partial charge in [-0.2, -0.15) is 0 Å². The number of hydrogen-bond donors (Lipinski definition) is 0. The van der Waals surface area contributed by atoms with Crippen LogP contribution in [0.4, 0.5) is 0 Å². The number of benzene rings is 2. The van der Waals surface area contributed by atoms with Crippen LogP contribution in [-0.2, 0) is 0 Å².